The lowest BCUT2D eigenvalue weighted by atomic mass is 10.2. The number of anilines is 2. The van der Waals surface area contributed by atoms with Crippen molar-refractivity contribution in [3.63, 3.8) is 0 Å². The van der Waals surface area contributed by atoms with Crippen LogP contribution in [-0.4, -0.2) is 23.3 Å². The van der Waals surface area contributed by atoms with E-state index >= 15 is 0 Å². The van der Waals surface area contributed by atoms with Crippen molar-refractivity contribution >= 4 is 56.6 Å². The van der Waals surface area contributed by atoms with E-state index in [1.54, 1.807) is 4.90 Å². The van der Waals surface area contributed by atoms with E-state index in [1.165, 1.54) is 16.9 Å². The predicted molar refractivity (Wildman–Crippen MR) is 99.9 cm³/mol. The quantitative estimate of drug-likeness (QED) is 0.741. The monoisotopic (exact) mass is 441 g/mol. The zero-order chi connectivity index (χ0) is 16.4. The number of nitrogens with one attached hydrogen (secondary N) is 1. The minimum absolute atomic E-state index is 0.103. The molecule has 7 heteroatoms. The summed E-state index contributed by atoms with van der Waals surface area (Å²) in [6.45, 7) is 2.75. The van der Waals surface area contributed by atoms with Crippen molar-refractivity contribution in [1.82, 2.24) is 4.98 Å². The first-order valence-corrected chi connectivity index (χ1v) is 9.29. The van der Waals surface area contributed by atoms with Crippen LogP contribution in [0.1, 0.15) is 24.1 Å². The van der Waals surface area contributed by atoms with Crippen LogP contribution in [-0.2, 0) is 16.0 Å². The number of benzene rings is 1. The molecule has 0 unspecified atom stereocenters. The summed E-state index contributed by atoms with van der Waals surface area (Å²) in [4.78, 5) is 30.0. The van der Waals surface area contributed by atoms with Crippen LogP contribution in [0.5, 0.6) is 0 Å². The SMILES string of the molecule is Cc1ccc(NC(=O)Cc2csc(N3CCCC3=O)n2)cc1I. The maximum Gasteiger partial charge on any atom is 0.230 e. The number of rotatable bonds is 4. The summed E-state index contributed by atoms with van der Waals surface area (Å²) in [6.07, 6.45) is 1.67. The number of amides is 2. The van der Waals surface area contributed by atoms with Crippen LogP contribution in [0.15, 0.2) is 23.6 Å². The number of carbonyl (C=O) groups is 2. The van der Waals surface area contributed by atoms with Crippen molar-refractivity contribution in [3.05, 3.63) is 38.4 Å². The molecule has 1 aliphatic heterocycles. The molecule has 0 aliphatic carbocycles. The molecule has 1 N–H and O–H groups in total. The van der Waals surface area contributed by atoms with Gasteiger partial charge in [-0.15, -0.1) is 11.3 Å². The summed E-state index contributed by atoms with van der Waals surface area (Å²) in [7, 11) is 0. The molecule has 5 nitrogen and oxygen atoms in total. The summed E-state index contributed by atoms with van der Waals surface area (Å²) < 4.78 is 1.11. The van der Waals surface area contributed by atoms with E-state index < -0.39 is 0 Å². The van der Waals surface area contributed by atoms with E-state index in [0.717, 1.165) is 22.2 Å². The number of halogens is 1. The summed E-state index contributed by atoms with van der Waals surface area (Å²) in [5.41, 5.74) is 2.67. The van der Waals surface area contributed by atoms with Crippen LogP contribution in [0.2, 0.25) is 0 Å². The number of aromatic nitrogens is 1. The van der Waals surface area contributed by atoms with Crippen LogP contribution >= 0.6 is 33.9 Å². The third-order valence-electron chi connectivity index (χ3n) is 3.64. The highest BCUT2D eigenvalue weighted by Gasteiger charge is 2.24. The van der Waals surface area contributed by atoms with Gasteiger partial charge in [-0.3, -0.25) is 14.5 Å². The summed E-state index contributed by atoms with van der Waals surface area (Å²) in [5, 5.41) is 5.43. The Balaban J connectivity index is 1.63. The molecule has 0 atom stereocenters. The van der Waals surface area contributed by atoms with E-state index in [-0.39, 0.29) is 18.2 Å². The van der Waals surface area contributed by atoms with Gasteiger partial charge in [0.25, 0.3) is 0 Å². The maximum absolute atomic E-state index is 12.1. The Kier molecular flexibility index (Phi) is 4.96. The Morgan fingerprint density at radius 1 is 1.48 bits per heavy atom. The summed E-state index contributed by atoms with van der Waals surface area (Å²) in [6, 6.07) is 5.82. The van der Waals surface area contributed by atoms with E-state index in [4.69, 9.17) is 0 Å². The summed E-state index contributed by atoms with van der Waals surface area (Å²) in [5.74, 6) is 0.0128. The van der Waals surface area contributed by atoms with Crippen LogP contribution < -0.4 is 10.2 Å². The molecule has 1 saturated heterocycles. The summed E-state index contributed by atoms with van der Waals surface area (Å²) >= 11 is 3.66. The molecule has 2 heterocycles. The molecular formula is C16H16IN3O2S. The molecule has 1 fully saturated rings. The van der Waals surface area contributed by atoms with Crippen LogP contribution in [0.3, 0.4) is 0 Å². The Morgan fingerprint density at radius 2 is 2.30 bits per heavy atom. The van der Waals surface area contributed by atoms with Crippen LogP contribution in [0, 0.1) is 10.5 Å². The van der Waals surface area contributed by atoms with Gasteiger partial charge in [0.1, 0.15) is 0 Å². The van der Waals surface area contributed by atoms with Crippen LogP contribution in [0.4, 0.5) is 10.8 Å². The van der Waals surface area contributed by atoms with Crippen molar-refractivity contribution in [1.29, 1.82) is 0 Å². The predicted octanol–water partition coefficient (Wildman–Crippen LogP) is 3.36. The van der Waals surface area contributed by atoms with Crippen molar-refractivity contribution in [2.45, 2.75) is 26.2 Å². The number of carbonyl (C=O) groups excluding carboxylic acids is 2. The zero-order valence-electron chi connectivity index (χ0n) is 12.6. The number of hydrogen-bond acceptors (Lipinski definition) is 4. The molecule has 120 valence electrons. The normalized spacial score (nSPS) is 14.3. The second-order valence-electron chi connectivity index (χ2n) is 5.46. The van der Waals surface area contributed by atoms with Gasteiger partial charge in [0.15, 0.2) is 5.13 Å². The standard InChI is InChI=1S/C16H16IN3O2S/c1-10-4-5-11(7-13(10)17)18-14(21)8-12-9-23-16(19-12)20-6-2-3-15(20)22/h4-5,7,9H,2-3,6,8H2,1H3,(H,18,21). The molecule has 0 bridgehead atoms. The maximum atomic E-state index is 12.1. The molecule has 0 saturated carbocycles. The molecule has 3 rings (SSSR count). The second-order valence-corrected chi connectivity index (χ2v) is 7.46. The molecule has 0 spiro atoms. The van der Waals surface area contributed by atoms with E-state index in [9.17, 15) is 9.59 Å². The zero-order valence-corrected chi connectivity index (χ0v) is 15.6. The van der Waals surface area contributed by atoms with Gasteiger partial charge in [-0.25, -0.2) is 4.98 Å². The van der Waals surface area contributed by atoms with Gasteiger partial charge in [0, 0.05) is 27.6 Å². The van der Waals surface area contributed by atoms with E-state index in [1.807, 2.05) is 30.5 Å². The van der Waals surface area contributed by atoms with Crippen LogP contribution in [0.25, 0.3) is 0 Å². The fourth-order valence-electron chi connectivity index (χ4n) is 2.39. The largest absolute Gasteiger partial charge is 0.326 e. The number of thiazole rings is 1. The van der Waals surface area contributed by atoms with Crippen molar-refractivity contribution in [2.75, 3.05) is 16.8 Å². The van der Waals surface area contributed by atoms with E-state index in [2.05, 4.69) is 32.9 Å². The lowest BCUT2D eigenvalue weighted by molar-refractivity contribution is -0.117. The molecule has 1 aromatic carbocycles. The molecular weight excluding hydrogens is 425 g/mol. The first-order chi connectivity index (χ1) is 11.0. The van der Waals surface area contributed by atoms with Gasteiger partial charge in [0.2, 0.25) is 11.8 Å². The van der Waals surface area contributed by atoms with Gasteiger partial charge in [-0.05, 0) is 53.6 Å². The topological polar surface area (TPSA) is 62.3 Å². The fourth-order valence-corrected chi connectivity index (χ4v) is 3.78. The number of nitrogens with zero attached hydrogens (tertiary/aromatic N) is 2. The van der Waals surface area contributed by atoms with Crippen molar-refractivity contribution in [3.8, 4) is 0 Å². The fraction of sp³-hybridized carbons (Fsp3) is 0.312. The molecule has 2 amide bonds. The minimum atomic E-state index is -0.103. The number of aryl methyl sites for hydroxylation is 1. The molecule has 1 aliphatic rings. The van der Waals surface area contributed by atoms with Crippen molar-refractivity contribution in [2.24, 2.45) is 0 Å². The highest BCUT2D eigenvalue weighted by Crippen LogP contribution is 2.25. The average molecular weight is 441 g/mol. The first kappa shape index (κ1) is 16.4. The molecule has 0 radical (unpaired) electrons. The van der Waals surface area contributed by atoms with Gasteiger partial charge >= 0.3 is 0 Å². The lowest BCUT2D eigenvalue weighted by Crippen LogP contribution is -2.23. The van der Waals surface area contributed by atoms with Gasteiger partial charge < -0.3 is 5.32 Å². The Morgan fingerprint density at radius 3 is 3.00 bits per heavy atom. The Bertz CT molecular complexity index is 760. The molecule has 23 heavy (non-hydrogen) atoms. The number of hydrogen-bond donors (Lipinski definition) is 1. The third kappa shape index (κ3) is 3.89. The minimum Gasteiger partial charge on any atom is -0.326 e. The Labute approximate surface area is 152 Å². The highest BCUT2D eigenvalue weighted by atomic mass is 127. The third-order valence-corrected chi connectivity index (χ3v) is 5.72. The molecule has 2 aromatic rings. The lowest BCUT2D eigenvalue weighted by Gasteiger charge is -2.10. The second kappa shape index (κ2) is 6.96. The molecule has 1 aromatic heterocycles. The Hall–Kier alpha value is -1.48. The van der Waals surface area contributed by atoms with Gasteiger partial charge in [0.05, 0.1) is 12.1 Å². The van der Waals surface area contributed by atoms with Crippen molar-refractivity contribution < 1.29 is 9.59 Å². The van der Waals surface area contributed by atoms with Gasteiger partial charge in [-0.1, -0.05) is 6.07 Å². The van der Waals surface area contributed by atoms with Gasteiger partial charge in [-0.2, -0.15) is 0 Å². The first-order valence-electron chi connectivity index (χ1n) is 7.34. The van der Waals surface area contributed by atoms with E-state index in [0.29, 0.717) is 17.2 Å². The highest BCUT2D eigenvalue weighted by molar-refractivity contribution is 14.1. The average Bonchev–Trinajstić information content (AvgIpc) is 3.11. The smallest absolute Gasteiger partial charge is 0.230 e.